The first-order valence-corrected chi connectivity index (χ1v) is 8.57. The molecule has 0 aliphatic heterocycles. The molecule has 5 nitrogen and oxygen atoms in total. The number of nitrogens with zero attached hydrogens (tertiary/aromatic N) is 3. The smallest absolute Gasteiger partial charge is 0.249 e. The molecule has 3 rings (SSSR count). The number of rotatable bonds is 6. The maximum atomic E-state index is 6.13. The Labute approximate surface area is 156 Å². The van der Waals surface area contributed by atoms with E-state index < -0.39 is 0 Å². The molecule has 1 aromatic heterocycles. The van der Waals surface area contributed by atoms with E-state index in [2.05, 4.69) is 25.8 Å². The highest BCUT2D eigenvalue weighted by atomic mass is 35.5. The van der Waals surface area contributed by atoms with E-state index in [0.717, 1.165) is 28.3 Å². The first-order chi connectivity index (χ1) is 12.1. The van der Waals surface area contributed by atoms with Gasteiger partial charge in [-0.15, -0.1) is 5.10 Å². The second-order valence-corrected chi connectivity index (χ2v) is 6.35. The first-order valence-electron chi connectivity index (χ1n) is 7.82. The zero-order valence-electron chi connectivity index (χ0n) is 13.6. The van der Waals surface area contributed by atoms with Crippen molar-refractivity contribution in [1.29, 1.82) is 0 Å². The molecule has 3 aromatic rings. The van der Waals surface area contributed by atoms with Gasteiger partial charge in [0.1, 0.15) is 0 Å². The third kappa shape index (κ3) is 4.81. The summed E-state index contributed by atoms with van der Waals surface area (Å²) in [5, 5.41) is 15.8. The summed E-state index contributed by atoms with van der Waals surface area (Å²) in [6.07, 6.45) is 2.43. The van der Waals surface area contributed by atoms with E-state index in [0.29, 0.717) is 23.3 Å². The van der Waals surface area contributed by atoms with Crippen molar-refractivity contribution in [3.8, 4) is 0 Å². The van der Waals surface area contributed by atoms with Gasteiger partial charge < -0.3 is 10.6 Å². The van der Waals surface area contributed by atoms with Gasteiger partial charge in [-0.2, -0.15) is 10.1 Å². The Morgan fingerprint density at radius 3 is 2.76 bits per heavy atom. The molecule has 0 unspecified atom stereocenters. The summed E-state index contributed by atoms with van der Waals surface area (Å²) in [6, 6.07) is 13.4. The maximum absolute atomic E-state index is 6.13. The van der Waals surface area contributed by atoms with Crippen LogP contribution in [0.4, 0.5) is 17.5 Å². The molecular weight excluding hydrogens is 357 g/mol. The molecule has 2 aromatic carbocycles. The van der Waals surface area contributed by atoms with Crippen LogP contribution in [0.15, 0.2) is 48.7 Å². The van der Waals surface area contributed by atoms with Crippen molar-refractivity contribution < 1.29 is 0 Å². The lowest BCUT2D eigenvalue weighted by atomic mass is 10.1. The molecule has 25 heavy (non-hydrogen) atoms. The Hall–Kier alpha value is -2.37. The highest BCUT2D eigenvalue weighted by Gasteiger charge is 2.05. The molecule has 0 spiro atoms. The minimum Gasteiger partial charge on any atom is -0.368 e. The van der Waals surface area contributed by atoms with Gasteiger partial charge in [0.25, 0.3) is 0 Å². The summed E-state index contributed by atoms with van der Waals surface area (Å²) in [7, 11) is 0. The van der Waals surface area contributed by atoms with Crippen LogP contribution in [0.1, 0.15) is 11.1 Å². The fraction of sp³-hybridized carbons (Fsp3) is 0.167. The van der Waals surface area contributed by atoms with Crippen LogP contribution in [0.2, 0.25) is 10.0 Å². The third-order valence-corrected chi connectivity index (χ3v) is 4.33. The maximum Gasteiger partial charge on any atom is 0.249 e. The summed E-state index contributed by atoms with van der Waals surface area (Å²) >= 11 is 12.1. The molecule has 0 atom stereocenters. The molecule has 0 saturated heterocycles. The zero-order chi connectivity index (χ0) is 17.6. The van der Waals surface area contributed by atoms with Gasteiger partial charge in [0, 0.05) is 22.3 Å². The van der Waals surface area contributed by atoms with Gasteiger partial charge in [-0.25, -0.2) is 0 Å². The molecule has 128 valence electrons. The fourth-order valence-electron chi connectivity index (χ4n) is 2.33. The highest BCUT2D eigenvalue weighted by molar-refractivity contribution is 6.31. The van der Waals surface area contributed by atoms with Crippen LogP contribution in [0, 0.1) is 6.92 Å². The lowest BCUT2D eigenvalue weighted by Crippen LogP contribution is -2.09. The normalized spacial score (nSPS) is 10.5. The molecule has 7 heteroatoms. The molecule has 0 fully saturated rings. The van der Waals surface area contributed by atoms with E-state index in [1.54, 1.807) is 6.20 Å². The van der Waals surface area contributed by atoms with Gasteiger partial charge >= 0.3 is 0 Å². The van der Waals surface area contributed by atoms with Crippen molar-refractivity contribution in [3.05, 3.63) is 69.8 Å². The number of nitrogens with one attached hydrogen (secondary N) is 2. The molecular formula is C18H17Cl2N5. The van der Waals surface area contributed by atoms with Crippen molar-refractivity contribution in [2.24, 2.45) is 0 Å². The number of benzene rings is 2. The van der Waals surface area contributed by atoms with Crippen molar-refractivity contribution >= 4 is 40.7 Å². The van der Waals surface area contributed by atoms with Gasteiger partial charge in [0.15, 0.2) is 5.82 Å². The van der Waals surface area contributed by atoms with Gasteiger partial charge in [0.05, 0.1) is 6.20 Å². The topological polar surface area (TPSA) is 62.7 Å². The van der Waals surface area contributed by atoms with E-state index >= 15 is 0 Å². The number of halogens is 2. The molecule has 2 N–H and O–H groups in total. The Morgan fingerprint density at radius 1 is 1.08 bits per heavy atom. The Kier molecular flexibility index (Phi) is 5.68. The average molecular weight is 374 g/mol. The van der Waals surface area contributed by atoms with Gasteiger partial charge in [-0.3, -0.25) is 0 Å². The number of hydrogen-bond donors (Lipinski definition) is 2. The minimum atomic E-state index is 0.415. The van der Waals surface area contributed by atoms with Crippen molar-refractivity contribution in [2.45, 2.75) is 13.3 Å². The standard InChI is InChI=1S/C18H17Cl2N5/c1-12-15(20)6-3-7-16(12)23-18-24-17(11-22-25-18)21-9-8-13-4-2-5-14(19)10-13/h2-7,10-11H,8-9H2,1H3,(H2,21,23,24,25). The van der Waals surface area contributed by atoms with Crippen molar-refractivity contribution in [3.63, 3.8) is 0 Å². The number of aromatic nitrogens is 3. The fourth-order valence-corrected chi connectivity index (χ4v) is 2.72. The molecule has 0 saturated carbocycles. The van der Waals surface area contributed by atoms with Crippen LogP contribution in [-0.2, 0) is 6.42 Å². The molecule has 1 heterocycles. The van der Waals surface area contributed by atoms with E-state index in [-0.39, 0.29) is 0 Å². The number of hydrogen-bond acceptors (Lipinski definition) is 5. The lowest BCUT2D eigenvalue weighted by molar-refractivity contribution is 0.950. The predicted octanol–water partition coefficient (Wildman–Crippen LogP) is 4.89. The zero-order valence-corrected chi connectivity index (χ0v) is 15.1. The monoisotopic (exact) mass is 373 g/mol. The molecule has 0 aliphatic rings. The van der Waals surface area contributed by atoms with Crippen LogP contribution >= 0.6 is 23.2 Å². The van der Waals surface area contributed by atoms with Crippen LogP contribution < -0.4 is 10.6 Å². The predicted molar refractivity (Wildman–Crippen MR) is 103 cm³/mol. The summed E-state index contributed by atoms with van der Waals surface area (Å²) in [5.41, 5.74) is 2.95. The molecule has 0 amide bonds. The second-order valence-electron chi connectivity index (χ2n) is 5.51. The van der Waals surface area contributed by atoms with Crippen molar-refractivity contribution in [1.82, 2.24) is 15.2 Å². The Morgan fingerprint density at radius 2 is 1.92 bits per heavy atom. The van der Waals surface area contributed by atoms with Crippen LogP contribution in [-0.4, -0.2) is 21.7 Å². The summed E-state index contributed by atoms with van der Waals surface area (Å²) in [4.78, 5) is 4.42. The van der Waals surface area contributed by atoms with E-state index in [1.165, 1.54) is 0 Å². The van der Waals surface area contributed by atoms with Crippen LogP contribution in [0.25, 0.3) is 0 Å². The Bertz CT molecular complexity index is 870. The highest BCUT2D eigenvalue weighted by Crippen LogP contribution is 2.24. The third-order valence-electron chi connectivity index (χ3n) is 3.68. The Balaban J connectivity index is 1.62. The number of anilines is 3. The van der Waals surface area contributed by atoms with E-state index in [9.17, 15) is 0 Å². The first kappa shape index (κ1) is 17.5. The van der Waals surface area contributed by atoms with Crippen LogP contribution in [0.5, 0.6) is 0 Å². The summed E-state index contributed by atoms with van der Waals surface area (Å²) in [6.45, 7) is 2.65. The second kappa shape index (κ2) is 8.14. The summed E-state index contributed by atoms with van der Waals surface area (Å²) in [5.74, 6) is 1.07. The van der Waals surface area contributed by atoms with Gasteiger partial charge in [-0.05, 0) is 48.7 Å². The SMILES string of the molecule is Cc1c(Cl)cccc1Nc1nncc(NCCc2cccc(Cl)c2)n1. The largest absolute Gasteiger partial charge is 0.368 e. The van der Waals surface area contributed by atoms with E-state index in [4.69, 9.17) is 23.2 Å². The van der Waals surface area contributed by atoms with Crippen molar-refractivity contribution in [2.75, 3.05) is 17.2 Å². The molecule has 0 radical (unpaired) electrons. The molecule has 0 aliphatic carbocycles. The van der Waals surface area contributed by atoms with Crippen LogP contribution in [0.3, 0.4) is 0 Å². The van der Waals surface area contributed by atoms with Gasteiger partial charge in [0.2, 0.25) is 5.95 Å². The lowest BCUT2D eigenvalue weighted by Gasteiger charge is -2.10. The quantitative estimate of drug-likeness (QED) is 0.644. The molecule has 0 bridgehead atoms. The van der Waals surface area contributed by atoms with E-state index in [1.807, 2.05) is 49.4 Å². The minimum absolute atomic E-state index is 0.415. The average Bonchev–Trinajstić information content (AvgIpc) is 2.60. The summed E-state index contributed by atoms with van der Waals surface area (Å²) < 4.78 is 0. The van der Waals surface area contributed by atoms with Gasteiger partial charge in [-0.1, -0.05) is 41.4 Å².